The number of aryl methyl sites for hydroxylation is 2. The summed E-state index contributed by atoms with van der Waals surface area (Å²) in [6.07, 6.45) is -1.02. The van der Waals surface area contributed by atoms with Crippen molar-refractivity contribution in [2.75, 3.05) is 0 Å². The fourth-order valence-corrected chi connectivity index (χ4v) is 2.46. The third-order valence-electron chi connectivity index (χ3n) is 3.52. The molecule has 1 N–H and O–H groups in total. The molecule has 0 saturated heterocycles. The number of H-pyrrole nitrogens is 1. The minimum absolute atomic E-state index is 0.0639. The summed E-state index contributed by atoms with van der Waals surface area (Å²) in [5, 5.41) is 3.59. The number of carbonyl (C=O) groups excluding carboxylic acids is 3. The third-order valence-corrected chi connectivity index (χ3v) is 3.52. The van der Waals surface area contributed by atoms with Gasteiger partial charge in [0, 0.05) is 17.3 Å². The van der Waals surface area contributed by atoms with E-state index in [1.807, 2.05) is 0 Å². The van der Waals surface area contributed by atoms with Gasteiger partial charge in [0.1, 0.15) is 0 Å². The molecule has 1 atom stereocenters. The van der Waals surface area contributed by atoms with Crippen LogP contribution in [0.2, 0.25) is 0 Å². The molecule has 2 heterocycles. The largest absolute Gasteiger partial charge is 0.448 e. The van der Waals surface area contributed by atoms with Crippen LogP contribution in [-0.2, 0) is 4.74 Å². The maximum absolute atomic E-state index is 12.5. The molecule has 0 aliphatic rings. The topological polar surface area (TPSA) is 102 Å². The molecule has 0 aliphatic carbocycles. The number of aromatic amines is 1. The molecule has 0 bridgehead atoms. The predicted molar refractivity (Wildman–Crippen MR) is 80.7 cm³/mol. The Morgan fingerprint density at radius 3 is 2.39 bits per heavy atom. The molecule has 0 amide bonds. The zero-order chi connectivity index (χ0) is 17.3. The summed E-state index contributed by atoms with van der Waals surface area (Å²) in [5.74, 6) is -1.37. The van der Waals surface area contributed by atoms with Gasteiger partial charge in [-0.3, -0.25) is 9.59 Å². The molecule has 0 fully saturated rings. The van der Waals surface area contributed by atoms with Crippen LogP contribution in [0.25, 0.3) is 0 Å². The molecule has 1 unspecified atom stereocenters. The number of carbonyl (C=O) groups is 3. The fraction of sp³-hybridized carbons (Fsp3) is 0.375. The summed E-state index contributed by atoms with van der Waals surface area (Å²) in [7, 11) is 0. The Labute approximate surface area is 133 Å². The molecule has 2 aromatic heterocycles. The summed E-state index contributed by atoms with van der Waals surface area (Å²) in [6.45, 7) is 7.97. The quantitative estimate of drug-likeness (QED) is 0.671. The van der Waals surface area contributed by atoms with Gasteiger partial charge in [0.15, 0.2) is 11.9 Å². The van der Waals surface area contributed by atoms with Crippen molar-refractivity contribution in [3.05, 3.63) is 40.0 Å². The van der Waals surface area contributed by atoms with Gasteiger partial charge in [0.05, 0.1) is 11.4 Å². The van der Waals surface area contributed by atoms with Crippen LogP contribution in [0.15, 0.2) is 10.6 Å². The van der Waals surface area contributed by atoms with Crippen LogP contribution in [0.1, 0.15) is 62.2 Å². The van der Waals surface area contributed by atoms with Crippen LogP contribution >= 0.6 is 0 Å². The molecule has 23 heavy (non-hydrogen) atoms. The molecule has 2 aromatic rings. The van der Waals surface area contributed by atoms with Crippen molar-refractivity contribution in [3.8, 4) is 0 Å². The number of Topliss-reactive ketones (excluding diaryl/α,β-unsaturated/α-hetero) is 2. The minimum Gasteiger partial charge on any atom is -0.448 e. The Kier molecular flexibility index (Phi) is 4.49. The molecule has 7 nitrogen and oxygen atoms in total. The molecule has 0 saturated carbocycles. The second kappa shape index (κ2) is 6.20. The summed E-state index contributed by atoms with van der Waals surface area (Å²) < 4.78 is 9.91. The van der Waals surface area contributed by atoms with E-state index in [0.717, 1.165) is 0 Å². The molecule has 0 radical (unpaired) electrons. The first-order valence-corrected chi connectivity index (χ1v) is 7.11. The molecular formula is C16H18N2O5. The van der Waals surface area contributed by atoms with Gasteiger partial charge in [-0.05, 0) is 40.2 Å². The van der Waals surface area contributed by atoms with Crippen molar-refractivity contribution in [3.63, 3.8) is 0 Å². The van der Waals surface area contributed by atoms with E-state index in [2.05, 4.69) is 10.1 Å². The van der Waals surface area contributed by atoms with Crippen LogP contribution in [0.5, 0.6) is 0 Å². The van der Waals surface area contributed by atoms with Crippen molar-refractivity contribution < 1.29 is 23.6 Å². The highest BCUT2D eigenvalue weighted by atomic mass is 16.6. The Balaban J connectivity index is 2.19. The summed E-state index contributed by atoms with van der Waals surface area (Å²) >= 11 is 0. The summed E-state index contributed by atoms with van der Waals surface area (Å²) in [6, 6.07) is 1.43. The average molecular weight is 318 g/mol. The number of nitrogens with one attached hydrogen (secondary N) is 1. The van der Waals surface area contributed by atoms with Gasteiger partial charge in [-0.15, -0.1) is 0 Å². The SMILES string of the molecule is CC(=O)c1c(C)[nH]c(C(=O)C(C)OC(=O)c2cc(C)no2)c1C. The average Bonchev–Trinajstić information content (AvgIpc) is 3.01. The highest BCUT2D eigenvalue weighted by Crippen LogP contribution is 2.20. The number of ketones is 2. The van der Waals surface area contributed by atoms with E-state index in [1.165, 1.54) is 19.9 Å². The molecule has 0 aromatic carbocycles. The fourth-order valence-electron chi connectivity index (χ4n) is 2.46. The van der Waals surface area contributed by atoms with Crippen LogP contribution in [0.4, 0.5) is 0 Å². The number of hydrogen-bond donors (Lipinski definition) is 1. The van der Waals surface area contributed by atoms with Gasteiger partial charge in [-0.1, -0.05) is 5.16 Å². The highest BCUT2D eigenvalue weighted by molar-refractivity contribution is 6.05. The van der Waals surface area contributed by atoms with Crippen molar-refractivity contribution in [1.29, 1.82) is 0 Å². The van der Waals surface area contributed by atoms with Crippen LogP contribution in [0, 0.1) is 20.8 Å². The van der Waals surface area contributed by atoms with Gasteiger partial charge in [-0.2, -0.15) is 0 Å². The monoisotopic (exact) mass is 318 g/mol. The molecule has 0 aliphatic heterocycles. The van der Waals surface area contributed by atoms with E-state index < -0.39 is 17.9 Å². The Bertz CT molecular complexity index is 784. The molecule has 122 valence electrons. The predicted octanol–water partition coefficient (Wildman–Crippen LogP) is 2.56. The summed E-state index contributed by atoms with van der Waals surface area (Å²) in [5.41, 5.74) is 2.46. The van der Waals surface area contributed by atoms with E-state index >= 15 is 0 Å². The maximum atomic E-state index is 12.5. The normalized spacial score (nSPS) is 12.0. The van der Waals surface area contributed by atoms with Gasteiger partial charge >= 0.3 is 5.97 Å². The van der Waals surface area contributed by atoms with Crippen molar-refractivity contribution in [2.24, 2.45) is 0 Å². The number of esters is 1. The van der Waals surface area contributed by atoms with Gasteiger partial charge in [0.2, 0.25) is 11.5 Å². The first-order valence-electron chi connectivity index (χ1n) is 7.11. The lowest BCUT2D eigenvalue weighted by Gasteiger charge is -2.10. The van der Waals surface area contributed by atoms with Gasteiger partial charge in [-0.25, -0.2) is 4.79 Å². The zero-order valence-corrected chi connectivity index (χ0v) is 13.6. The number of nitrogens with zero attached hydrogens (tertiary/aromatic N) is 1. The second-order valence-electron chi connectivity index (χ2n) is 5.43. The van der Waals surface area contributed by atoms with E-state index in [1.54, 1.807) is 20.8 Å². The van der Waals surface area contributed by atoms with E-state index in [0.29, 0.717) is 22.5 Å². The van der Waals surface area contributed by atoms with E-state index in [-0.39, 0.29) is 17.2 Å². The third kappa shape index (κ3) is 3.23. The molecular weight excluding hydrogens is 300 g/mol. The van der Waals surface area contributed by atoms with Crippen LogP contribution in [0.3, 0.4) is 0 Å². The smallest absolute Gasteiger partial charge is 0.377 e. The van der Waals surface area contributed by atoms with Gasteiger partial charge < -0.3 is 14.2 Å². The second-order valence-corrected chi connectivity index (χ2v) is 5.43. The number of hydrogen-bond acceptors (Lipinski definition) is 6. The maximum Gasteiger partial charge on any atom is 0.377 e. The van der Waals surface area contributed by atoms with Crippen LogP contribution < -0.4 is 0 Å². The number of aromatic nitrogens is 2. The standard InChI is InChI=1S/C16H18N2O5/c1-7-6-12(23-18-7)16(21)22-11(5)15(20)14-8(2)13(10(4)19)9(3)17-14/h6,11,17H,1-5H3. The first kappa shape index (κ1) is 16.7. The lowest BCUT2D eigenvalue weighted by molar-refractivity contribution is 0.0279. The number of ether oxygens (including phenoxy) is 1. The van der Waals surface area contributed by atoms with Crippen molar-refractivity contribution >= 4 is 17.5 Å². The molecule has 0 spiro atoms. The number of rotatable bonds is 5. The highest BCUT2D eigenvalue weighted by Gasteiger charge is 2.27. The first-order chi connectivity index (χ1) is 10.7. The van der Waals surface area contributed by atoms with Crippen LogP contribution in [-0.4, -0.2) is 33.8 Å². The zero-order valence-electron chi connectivity index (χ0n) is 13.6. The summed E-state index contributed by atoms with van der Waals surface area (Å²) in [4.78, 5) is 38.9. The van der Waals surface area contributed by atoms with E-state index in [4.69, 9.17) is 9.26 Å². The molecule has 7 heteroatoms. The molecule has 2 rings (SSSR count). The minimum atomic E-state index is -1.02. The van der Waals surface area contributed by atoms with Crippen molar-refractivity contribution in [1.82, 2.24) is 10.1 Å². The van der Waals surface area contributed by atoms with Crippen molar-refractivity contribution in [2.45, 2.75) is 40.7 Å². The lowest BCUT2D eigenvalue weighted by Crippen LogP contribution is -2.25. The Morgan fingerprint density at radius 2 is 1.91 bits per heavy atom. The Morgan fingerprint density at radius 1 is 1.26 bits per heavy atom. The lowest BCUT2D eigenvalue weighted by atomic mass is 10.0. The van der Waals surface area contributed by atoms with Gasteiger partial charge in [0.25, 0.3) is 0 Å². The Hall–Kier alpha value is -2.70. The van der Waals surface area contributed by atoms with E-state index in [9.17, 15) is 14.4 Å².